The summed E-state index contributed by atoms with van der Waals surface area (Å²) in [5.41, 5.74) is 2.03. The number of halogens is 2. The van der Waals surface area contributed by atoms with E-state index in [0.717, 1.165) is 33.4 Å². The van der Waals surface area contributed by atoms with Crippen LogP contribution < -0.4 is 5.32 Å². The number of hydrogen-bond donors (Lipinski definition) is 1. The lowest BCUT2D eigenvalue weighted by Gasteiger charge is -2.10. The highest BCUT2D eigenvalue weighted by atomic mass is 79.9. The van der Waals surface area contributed by atoms with E-state index in [9.17, 15) is 0 Å². The van der Waals surface area contributed by atoms with Gasteiger partial charge in [-0.1, -0.05) is 35.0 Å². The Labute approximate surface area is 129 Å². The summed E-state index contributed by atoms with van der Waals surface area (Å²) in [5.74, 6) is 0.628. The summed E-state index contributed by atoms with van der Waals surface area (Å²) in [6, 6.07) is 6.00. The lowest BCUT2D eigenvalue weighted by molar-refractivity contribution is 0.542. The van der Waals surface area contributed by atoms with Gasteiger partial charge in [-0.05, 0) is 46.6 Å². The Balaban J connectivity index is 2.19. The van der Waals surface area contributed by atoms with Crippen molar-refractivity contribution in [1.29, 1.82) is 0 Å². The normalized spacial score (nSPS) is 11.2. The second-order valence-corrected chi connectivity index (χ2v) is 6.53. The average molecular weight is 388 g/mol. The molecule has 0 fully saturated rings. The van der Waals surface area contributed by atoms with Crippen LogP contribution in [0.25, 0.3) is 5.69 Å². The van der Waals surface area contributed by atoms with Gasteiger partial charge < -0.3 is 5.32 Å². The third-order valence-electron chi connectivity index (χ3n) is 2.62. The second-order valence-electron chi connectivity index (χ2n) is 4.76. The molecule has 102 valence electrons. The van der Waals surface area contributed by atoms with Crippen molar-refractivity contribution in [2.45, 2.75) is 20.4 Å². The van der Waals surface area contributed by atoms with Crippen molar-refractivity contribution >= 4 is 31.9 Å². The molecule has 0 bridgehead atoms. The van der Waals surface area contributed by atoms with Crippen molar-refractivity contribution in [2.24, 2.45) is 5.92 Å². The zero-order chi connectivity index (χ0) is 13.8. The van der Waals surface area contributed by atoms with Gasteiger partial charge in [-0.2, -0.15) is 0 Å². The summed E-state index contributed by atoms with van der Waals surface area (Å²) in [7, 11) is 0. The molecule has 0 spiro atoms. The fourth-order valence-electron chi connectivity index (χ4n) is 1.72. The monoisotopic (exact) mass is 386 g/mol. The quantitative estimate of drug-likeness (QED) is 0.853. The Kier molecular flexibility index (Phi) is 5.13. The molecular weight excluding hydrogens is 372 g/mol. The van der Waals surface area contributed by atoms with Gasteiger partial charge in [0, 0.05) is 15.5 Å². The lowest BCUT2D eigenvalue weighted by Crippen LogP contribution is -2.20. The molecule has 2 aromatic rings. The zero-order valence-electron chi connectivity index (χ0n) is 10.9. The molecule has 0 aliphatic carbocycles. The third-order valence-corrected chi connectivity index (χ3v) is 3.74. The van der Waals surface area contributed by atoms with Gasteiger partial charge in [0.25, 0.3) is 0 Å². The predicted molar refractivity (Wildman–Crippen MR) is 83.3 cm³/mol. The number of nitrogens with zero attached hydrogens (tertiary/aromatic N) is 3. The molecule has 4 nitrogen and oxygen atoms in total. The molecule has 1 heterocycles. The van der Waals surface area contributed by atoms with E-state index in [-0.39, 0.29) is 0 Å². The highest BCUT2D eigenvalue weighted by Crippen LogP contribution is 2.25. The van der Waals surface area contributed by atoms with Crippen LogP contribution in [0.1, 0.15) is 19.5 Å². The molecule has 0 atom stereocenters. The van der Waals surface area contributed by atoms with E-state index in [2.05, 4.69) is 61.3 Å². The van der Waals surface area contributed by atoms with Gasteiger partial charge in [0.15, 0.2) is 0 Å². The van der Waals surface area contributed by atoms with Crippen LogP contribution in [0.5, 0.6) is 0 Å². The van der Waals surface area contributed by atoms with Crippen LogP contribution in [0.15, 0.2) is 33.3 Å². The Morgan fingerprint density at radius 3 is 2.79 bits per heavy atom. The predicted octanol–water partition coefficient (Wildman–Crippen LogP) is 3.54. The molecule has 0 radical (unpaired) electrons. The van der Waals surface area contributed by atoms with E-state index in [4.69, 9.17) is 0 Å². The number of nitrogens with one attached hydrogen (secondary N) is 1. The van der Waals surface area contributed by atoms with Crippen LogP contribution in [0, 0.1) is 5.92 Å². The minimum atomic E-state index is 0.628. The molecule has 1 N–H and O–H groups in total. The van der Waals surface area contributed by atoms with Gasteiger partial charge in [0.1, 0.15) is 0 Å². The van der Waals surface area contributed by atoms with E-state index >= 15 is 0 Å². The Morgan fingerprint density at radius 2 is 2.11 bits per heavy atom. The maximum Gasteiger partial charge on any atom is 0.0810 e. The number of rotatable bonds is 5. The molecule has 1 aromatic carbocycles. The van der Waals surface area contributed by atoms with E-state index in [1.807, 2.05) is 22.9 Å². The number of benzene rings is 1. The largest absolute Gasteiger partial charge is 0.311 e. The van der Waals surface area contributed by atoms with Crippen LogP contribution in [0.3, 0.4) is 0 Å². The number of hydrogen-bond acceptors (Lipinski definition) is 3. The van der Waals surface area contributed by atoms with Crippen LogP contribution in [-0.2, 0) is 6.54 Å². The van der Waals surface area contributed by atoms with Gasteiger partial charge in [-0.15, -0.1) is 5.10 Å². The standard InChI is InChI=1S/C13H16Br2N4/c1-9(2)6-16-7-11-8-17-18-19(11)13-4-3-10(14)5-12(13)15/h3-5,8-9,16H,6-7H2,1-2H3. The van der Waals surface area contributed by atoms with Crippen LogP contribution in [-0.4, -0.2) is 21.5 Å². The van der Waals surface area contributed by atoms with Crippen molar-refractivity contribution in [1.82, 2.24) is 20.3 Å². The molecule has 19 heavy (non-hydrogen) atoms. The van der Waals surface area contributed by atoms with E-state index in [0.29, 0.717) is 5.92 Å². The van der Waals surface area contributed by atoms with Crippen LogP contribution >= 0.6 is 31.9 Å². The van der Waals surface area contributed by atoms with Crippen LogP contribution in [0.4, 0.5) is 0 Å². The second kappa shape index (κ2) is 6.63. The minimum Gasteiger partial charge on any atom is -0.311 e. The smallest absolute Gasteiger partial charge is 0.0810 e. The molecule has 0 aliphatic rings. The first-order chi connectivity index (χ1) is 9.08. The van der Waals surface area contributed by atoms with Crippen molar-refractivity contribution in [3.8, 4) is 5.69 Å². The lowest BCUT2D eigenvalue weighted by atomic mass is 10.2. The fourth-order valence-corrected chi connectivity index (χ4v) is 2.94. The summed E-state index contributed by atoms with van der Waals surface area (Å²) in [5, 5.41) is 11.6. The highest BCUT2D eigenvalue weighted by molar-refractivity contribution is 9.11. The Morgan fingerprint density at radius 1 is 1.32 bits per heavy atom. The summed E-state index contributed by atoms with van der Waals surface area (Å²) in [6.07, 6.45) is 1.79. The maximum absolute atomic E-state index is 4.16. The van der Waals surface area contributed by atoms with Crippen molar-refractivity contribution in [3.63, 3.8) is 0 Å². The topological polar surface area (TPSA) is 42.7 Å². The van der Waals surface area contributed by atoms with Crippen molar-refractivity contribution in [3.05, 3.63) is 39.0 Å². The average Bonchev–Trinajstić information content (AvgIpc) is 2.77. The highest BCUT2D eigenvalue weighted by Gasteiger charge is 2.09. The Bertz CT molecular complexity index is 551. The Hall–Kier alpha value is -0.720. The van der Waals surface area contributed by atoms with Gasteiger partial charge in [-0.25, -0.2) is 4.68 Å². The first-order valence-corrected chi connectivity index (χ1v) is 7.72. The first kappa shape index (κ1) is 14.7. The van der Waals surface area contributed by atoms with Crippen molar-refractivity contribution < 1.29 is 0 Å². The van der Waals surface area contributed by atoms with E-state index in [1.165, 1.54) is 0 Å². The molecule has 2 rings (SSSR count). The molecular formula is C13H16Br2N4. The molecule has 0 saturated carbocycles. The molecule has 0 saturated heterocycles. The summed E-state index contributed by atoms with van der Waals surface area (Å²) < 4.78 is 3.87. The molecule has 0 aliphatic heterocycles. The first-order valence-electron chi connectivity index (χ1n) is 6.13. The van der Waals surface area contributed by atoms with E-state index in [1.54, 1.807) is 6.20 Å². The van der Waals surface area contributed by atoms with E-state index < -0.39 is 0 Å². The molecule has 6 heteroatoms. The van der Waals surface area contributed by atoms with Gasteiger partial charge in [0.2, 0.25) is 0 Å². The molecule has 0 unspecified atom stereocenters. The minimum absolute atomic E-state index is 0.628. The van der Waals surface area contributed by atoms with Crippen molar-refractivity contribution in [2.75, 3.05) is 6.54 Å². The summed E-state index contributed by atoms with van der Waals surface area (Å²) in [6.45, 7) is 6.11. The van der Waals surface area contributed by atoms with Gasteiger partial charge in [0.05, 0.1) is 17.6 Å². The summed E-state index contributed by atoms with van der Waals surface area (Å²) in [4.78, 5) is 0. The maximum atomic E-state index is 4.16. The zero-order valence-corrected chi connectivity index (χ0v) is 14.1. The van der Waals surface area contributed by atoms with Crippen LogP contribution in [0.2, 0.25) is 0 Å². The SMILES string of the molecule is CC(C)CNCc1cnnn1-c1ccc(Br)cc1Br. The number of aromatic nitrogens is 3. The molecule has 1 aromatic heterocycles. The van der Waals surface area contributed by atoms with Gasteiger partial charge >= 0.3 is 0 Å². The third kappa shape index (κ3) is 3.87. The fraction of sp³-hybridized carbons (Fsp3) is 0.385. The molecule has 0 amide bonds. The summed E-state index contributed by atoms with van der Waals surface area (Å²) >= 11 is 7.00. The van der Waals surface area contributed by atoms with Gasteiger partial charge in [-0.3, -0.25) is 0 Å².